The van der Waals surface area contributed by atoms with Crippen molar-refractivity contribution in [3.05, 3.63) is 0 Å². The number of carbonyl (C=O) groups excluding carboxylic acids is 1. The smallest absolute Gasteiger partial charge is 0.410 e. The van der Waals surface area contributed by atoms with Gasteiger partial charge in [-0.05, 0) is 54.0 Å². The highest BCUT2D eigenvalue weighted by atomic mass is 16.6. The Morgan fingerprint density at radius 2 is 2.10 bits per heavy atom. The average Bonchev–Trinajstić information content (AvgIpc) is 2.37. The van der Waals surface area contributed by atoms with Gasteiger partial charge in [0.1, 0.15) is 5.60 Å². The molecule has 21 heavy (non-hydrogen) atoms. The number of ether oxygens (including phenoxy) is 1. The highest BCUT2D eigenvalue weighted by Crippen LogP contribution is 2.11. The largest absolute Gasteiger partial charge is 0.444 e. The molecule has 1 heterocycles. The normalized spacial score (nSPS) is 19.6. The van der Waals surface area contributed by atoms with E-state index in [2.05, 4.69) is 10.6 Å². The molecular weight excluding hydrogens is 266 g/mol. The summed E-state index contributed by atoms with van der Waals surface area (Å²) in [5.74, 6) is 0. The van der Waals surface area contributed by atoms with Crippen LogP contribution in [0.15, 0.2) is 0 Å². The Morgan fingerprint density at radius 1 is 1.38 bits per heavy atom. The Bertz CT molecular complexity index is 307. The average molecular weight is 299 g/mol. The van der Waals surface area contributed by atoms with E-state index in [0.29, 0.717) is 12.6 Å². The van der Waals surface area contributed by atoms with Crippen molar-refractivity contribution < 1.29 is 9.53 Å². The van der Waals surface area contributed by atoms with Crippen LogP contribution in [0.1, 0.15) is 53.9 Å². The van der Waals surface area contributed by atoms with Crippen molar-refractivity contribution in [2.75, 3.05) is 26.2 Å². The quantitative estimate of drug-likeness (QED) is 0.739. The molecule has 2 N–H and O–H groups in total. The predicted octanol–water partition coefficient (Wildman–Crippen LogP) is 2.36. The molecule has 0 aromatic carbocycles. The third-order valence-corrected chi connectivity index (χ3v) is 3.58. The number of nitrogens with zero attached hydrogens (tertiary/aromatic N) is 1. The Morgan fingerprint density at radius 3 is 2.62 bits per heavy atom. The predicted molar refractivity (Wildman–Crippen MR) is 86.6 cm³/mol. The minimum Gasteiger partial charge on any atom is -0.444 e. The number of hydrogen-bond acceptors (Lipinski definition) is 4. The van der Waals surface area contributed by atoms with Gasteiger partial charge in [-0.2, -0.15) is 0 Å². The molecule has 1 aliphatic heterocycles. The van der Waals surface area contributed by atoms with Gasteiger partial charge in [-0.1, -0.05) is 6.42 Å². The number of piperidine rings is 1. The van der Waals surface area contributed by atoms with Gasteiger partial charge in [0.2, 0.25) is 0 Å². The van der Waals surface area contributed by atoms with Gasteiger partial charge >= 0.3 is 6.09 Å². The number of nitrogens with one attached hydrogen (secondary N) is 2. The topological polar surface area (TPSA) is 53.6 Å². The standard InChI is InChI=1S/C16H33N3O2/c1-13(2)19(15(20)21-16(3,4)5)11-10-17-12-14-8-6-7-9-18-14/h13-14,17-18H,6-12H2,1-5H3. The van der Waals surface area contributed by atoms with Crippen molar-refractivity contribution in [1.82, 2.24) is 15.5 Å². The maximum Gasteiger partial charge on any atom is 0.410 e. The van der Waals surface area contributed by atoms with Crippen molar-refractivity contribution in [3.8, 4) is 0 Å². The molecule has 0 aliphatic carbocycles. The van der Waals surface area contributed by atoms with Crippen molar-refractivity contribution in [2.24, 2.45) is 0 Å². The van der Waals surface area contributed by atoms with Gasteiger partial charge < -0.3 is 20.3 Å². The maximum atomic E-state index is 12.2. The lowest BCUT2D eigenvalue weighted by molar-refractivity contribution is 0.0193. The van der Waals surface area contributed by atoms with Gasteiger partial charge in [-0.15, -0.1) is 0 Å². The molecule has 1 unspecified atom stereocenters. The maximum absolute atomic E-state index is 12.2. The summed E-state index contributed by atoms with van der Waals surface area (Å²) < 4.78 is 5.46. The van der Waals surface area contributed by atoms with Crippen molar-refractivity contribution >= 4 is 6.09 Å². The molecule has 1 fully saturated rings. The van der Waals surface area contributed by atoms with Crippen LogP contribution in [0.5, 0.6) is 0 Å². The van der Waals surface area contributed by atoms with Gasteiger partial charge in [0.25, 0.3) is 0 Å². The molecule has 1 amide bonds. The lowest BCUT2D eigenvalue weighted by Crippen LogP contribution is -2.46. The number of rotatable bonds is 6. The van der Waals surface area contributed by atoms with Crippen LogP contribution in [0.2, 0.25) is 0 Å². The Kier molecular flexibility index (Phi) is 7.46. The van der Waals surface area contributed by atoms with E-state index in [0.717, 1.165) is 19.6 Å². The van der Waals surface area contributed by atoms with Crippen LogP contribution in [-0.2, 0) is 4.74 Å². The van der Waals surface area contributed by atoms with E-state index < -0.39 is 5.60 Å². The molecule has 1 rings (SSSR count). The van der Waals surface area contributed by atoms with Gasteiger partial charge in [-0.3, -0.25) is 0 Å². The van der Waals surface area contributed by atoms with E-state index in [1.165, 1.54) is 19.3 Å². The molecule has 1 saturated heterocycles. The fraction of sp³-hybridized carbons (Fsp3) is 0.938. The zero-order valence-electron chi connectivity index (χ0n) is 14.4. The summed E-state index contributed by atoms with van der Waals surface area (Å²) in [6.45, 7) is 13.3. The molecule has 0 radical (unpaired) electrons. The number of hydrogen-bond donors (Lipinski definition) is 2. The first-order chi connectivity index (χ1) is 9.79. The second kappa shape index (κ2) is 8.59. The van der Waals surface area contributed by atoms with Crippen LogP contribution < -0.4 is 10.6 Å². The third kappa shape index (κ3) is 7.67. The van der Waals surface area contributed by atoms with Crippen LogP contribution in [0.3, 0.4) is 0 Å². The van der Waals surface area contributed by atoms with E-state index in [-0.39, 0.29) is 12.1 Å². The van der Waals surface area contributed by atoms with E-state index >= 15 is 0 Å². The number of carbonyl (C=O) groups is 1. The molecule has 0 bridgehead atoms. The molecule has 0 spiro atoms. The Labute approximate surface area is 129 Å². The fourth-order valence-electron chi connectivity index (χ4n) is 2.45. The summed E-state index contributed by atoms with van der Waals surface area (Å²) in [5, 5.41) is 6.96. The van der Waals surface area contributed by atoms with Crippen LogP contribution in [0.25, 0.3) is 0 Å². The number of amides is 1. The molecule has 1 aliphatic rings. The van der Waals surface area contributed by atoms with Crippen molar-refractivity contribution in [2.45, 2.75) is 71.6 Å². The summed E-state index contributed by atoms with van der Waals surface area (Å²) in [4.78, 5) is 13.9. The van der Waals surface area contributed by atoms with E-state index in [9.17, 15) is 4.79 Å². The summed E-state index contributed by atoms with van der Waals surface area (Å²) in [7, 11) is 0. The molecule has 5 heteroatoms. The van der Waals surface area contributed by atoms with Crippen LogP contribution in [0.4, 0.5) is 4.79 Å². The fourth-order valence-corrected chi connectivity index (χ4v) is 2.45. The molecule has 0 aromatic rings. The monoisotopic (exact) mass is 299 g/mol. The summed E-state index contributed by atoms with van der Waals surface area (Å²) in [5.41, 5.74) is -0.441. The minimum atomic E-state index is -0.441. The first-order valence-electron chi connectivity index (χ1n) is 8.23. The summed E-state index contributed by atoms with van der Waals surface area (Å²) >= 11 is 0. The SMILES string of the molecule is CC(C)N(CCNCC1CCCCN1)C(=O)OC(C)(C)C. The summed E-state index contributed by atoms with van der Waals surface area (Å²) in [6, 6.07) is 0.724. The summed E-state index contributed by atoms with van der Waals surface area (Å²) in [6.07, 6.45) is 3.62. The van der Waals surface area contributed by atoms with Crippen molar-refractivity contribution in [3.63, 3.8) is 0 Å². The van der Waals surface area contributed by atoms with E-state index in [4.69, 9.17) is 4.74 Å². The third-order valence-electron chi connectivity index (χ3n) is 3.58. The second-order valence-corrected chi connectivity index (χ2v) is 7.12. The Balaban J connectivity index is 2.28. The molecule has 5 nitrogen and oxygen atoms in total. The second-order valence-electron chi connectivity index (χ2n) is 7.12. The lowest BCUT2D eigenvalue weighted by atomic mass is 10.1. The van der Waals surface area contributed by atoms with Crippen molar-refractivity contribution in [1.29, 1.82) is 0 Å². The zero-order chi connectivity index (χ0) is 15.9. The van der Waals surface area contributed by atoms with E-state index in [1.54, 1.807) is 4.90 Å². The van der Waals surface area contributed by atoms with E-state index in [1.807, 2.05) is 34.6 Å². The minimum absolute atomic E-state index is 0.148. The van der Waals surface area contributed by atoms with Gasteiger partial charge in [0.15, 0.2) is 0 Å². The first-order valence-corrected chi connectivity index (χ1v) is 8.23. The van der Waals surface area contributed by atoms with Crippen LogP contribution in [0, 0.1) is 0 Å². The lowest BCUT2D eigenvalue weighted by Gasteiger charge is -2.30. The molecular formula is C16H33N3O2. The van der Waals surface area contributed by atoms with Crippen LogP contribution >= 0.6 is 0 Å². The highest BCUT2D eigenvalue weighted by Gasteiger charge is 2.23. The molecule has 1 atom stereocenters. The Hall–Kier alpha value is -0.810. The van der Waals surface area contributed by atoms with Gasteiger partial charge in [0.05, 0.1) is 0 Å². The molecule has 0 aromatic heterocycles. The molecule has 124 valence electrons. The van der Waals surface area contributed by atoms with Gasteiger partial charge in [-0.25, -0.2) is 4.79 Å². The zero-order valence-corrected chi connectivity index (χ0v) is 14.4. The highest BCUT2D eigenvalue weighted by molar-refractivity contribution is 5.68. The first kappa shape index (κ1) is 18.2. The molecule has 0 saturated carbocycles. The van der Waals surface area contributed by atoms with Crippen LogP contribution in [-0.4, -0.2) is 54.9 Å². The van der Waals surface area contributed by atoms with Gasteiger partial charge in [0, 0.05) is 31.7 Å².